The molecule has 1 aliphatic heterocycles. The van der Waals surface area contributed by atoms with Crippen molar-refractivity contribution < 1.29 is 8.42 Å². The lowest BCUT2D eigenvalue weighted by Gasteiger charge is -2.33. The number of rotatable bonds is 3. The predicted octanol–water partition coefficient (Wildman–Crippen LogP) is 1.29. The summed E-state index contributed by atoms with van der Waals surface area (Å²) in [6, 6.07) is 7.28. The highest BCUT2D eigenvalue weighted by molar-refractivity contribution is 7.92. The van der Waals surface area contributed by atoms with Crippen LogP contribution < -0.4 is 10.0 Å². The zero-order valence-corrected chi connectivity index (χ0v) is 13.5. The van der Waals surface area contributed by atoms with Crippen LogP contribution in [0.15, 0.2) is 35.5 Å². The molecule has 0 saturated heterocycles. The van der Waals surface area contributed by atoms with Crippen molar-refractivity contribution >= 4 is 15.7 Å². The van der Waals surface area contributed by atoms with Crippen molar-refractivity contribution in [2.75, 3.05) is 10.8 Å². The molecular weight excluding hydrogens is 300 g/mol. The van der Waals surface area contributed by atoms with E-state index < -0.39 is 10.0 Å². The summed E-state index contributed by atoms with van der Waals surface area (Å²) in [7, 11) is -3.70. The van der Waals surface area contributed by atoms with E-state index in [1.807, 2.05) is 35.8 Å². The molecule has 6 nitrogen and oxygen atoms in total. The Morgan fingerprint density at radius 2 is 2.09 bits per heavy atom. The lowest BCUT2D eigenvalue weighted by atomic mass is 10.0. The van der Waals surface area contributed by atoms with Gasteiger partial charge in [0.05, 0.1) is 5.69 Å². The Hall–Kier alpha value is -1.86. The van der Waals surface area contributed by atoms with Crippen molar-refractivity contribution in [1.82, 2.24) is 9.55 Å². The topological polar surface area (TPSA) is 81.2 Å². The van der Waals surface area contributed by atoms with Crippen LogP contribution in [-0.2, 0) is 23.0 Å². The first-order chi connectivity index (χ1) is 10.4. The second kappa shape index (κ2) is 5.40. The van der Waals surface area contributed by atoms with Crippen LogP contribution in [0.25, 0.3) is 0 Å². The number of nitrogens with zero attached hydrogens (tertiary/aromatic N) is 3. The fourth-order valence-electron chi connectivity index (χ4n) is 2.85. The van der Waals surface area contributed by atoms with Crippen LogP contribution in [-0.4, -0.2) is 30.6 Å². The molecule has 7 heteroatoms. The molecule has 2 heterocycles. The number of hydrogen-bond acceptors (Lipinski definition) is 4. The highest BCUT2D eigenvalue weighted by atomic mass is 32.2. The van der Waals surface area contributed by atoms with Crippen LogP contribution in [0.2, 0.25) is 0 Å². The molecule has 1 aromatic heterocycles. The van der Waals surface area contributed by atoms with E-state index in [1.165, 1.54) is 4.31 Å². The largest absolute Gasteiger partial charge is 0.334 e. The van der Waals surface area contributed by atoms with E-state index in [1.54, 1.807) is 13.1 Å². The summed E-state index contributed by atoms with van der Waals surface area (Å²) in [6.45, 7) is 4.72. The minimum Gasteiger partial charge on any atom is -0.334 e. The molecule has 2 aromatic rings. The molecule has 1 aliphatic rings. The van der Waals surface area contributed by atoms with Gasteiger partial charge in [-0.1, -0.05) is 18.2 Å². The Morgan fingerprint density at radius 1 is 1.36 bits per heavy atom. The van der Waals surface area contributed by atoms with Crippen LogP contribution in [0.1, 0.15) is 18.3 Å². The van der Waals surface area contributed by atoms with Crippen molar-refractivity contribution in [2.45, 2.75) is 37.9 Å². The highest BCUT2D eigenvalue weighted by Gasteiger charge is 2.33. The fraction of sp³-hybridized carbons (Fsp3) is 0.400. The van der Waals surface area contributed by atoms with E-state index in [0.717, 1.165) is 5.56 Å². The summed E-state index contributed by atoms with van der Waals surface area (Å²) in [5.74, 6) is 0.690. The van der Waals surface area contributed by atoms with E-state index in [4.69, 9.17) is 5.73 Å². The number of fused-ring (bicyclic) bond motifs is 1. The molecule has 0 aliphatic carbocycles. The number of para-hydroxylation sites is 1. The SMILES string of the molecule is CCn1cc(S(=O)(=O)N2CC(N)Cc3ccccc32)nc1C. The predicted molar refractivity (Wildman–Crippen MR) is 85.3 cm³/mol. The van der Waals surface area contributed by atoms with E-state index >= 15 is 0 Å². The zero-order valence-electron chi connectivity index (χ0n) is 12.7. The monoisotopic (exact) mass is 320 g/mol. The van der Waals surface area contributed by atoms with Gasteiger partial charge >= 0.3 is 0 Å². The van der Waals surface area contributed by atoms with Crippen LogP contribution in [0.4, 0.5) is 5.69 Å². The van der Waals surface area contributed by atoms with Crippen molar-refractivity contribution in [3.8, 4) is 0 Å². The molecular formula is C15H20N4O2S. The molecule has 1 aromatic carbocycles. The molecule has 0 radical (unpaired) electrons. The zero-order chi connectivity index (χ0) is 15.9. The molecule has 0 bridgehead atoms. The van der Waals surface area contributed by atoms with Gasteiger partial charge in [0.15, 0.2) is 5.03 Å². The quantitative estimate of drug-likeness (QED) is 0.924. The number of aromatic nitrogens is 2. The second-order valence-electron chi connectivity index (χ2n) is 5.54. The highest BCUT2D eigenvalue weighted by Crippen LogP contribution is 2.31. The minimum absolute atomic E-state index is 0.0794. The third-order valence-electron chi connectivity index (χ3n) is 3.99. The van der Waals surface area contributed by atoms with E-state index in [0.29, 0.717) is 24.5 Å². The van der Waals surface area contributed by atoms with Crippen LogP contribution in [0, 0.1) is 6.92 Å². The van der Waals surface area contributed by atoms with Gasteiger partial charge in [0.2, 0.25) is 0 Å². The maximum absolute atomic E-state index is 13.0. The molecule has 3 rings (SSSR count). The molecule has 2 N–H and O–H groups in total. The Kier molecular flexibility index (Phi) is 3.70. The normalized spacial score (nSPS) is 18.3. The number of hydrogen-bond donors (Lipinski definition) is 1. The van der Waals surface area contributed by atoms with E-state index in [-0.39, 0.29) is 17.6 Å². The number of aryl methyl sites for hydroxylation is 2. The molecule has 22 heavy (non-hydrogen) atoms. The Labute approximate surface area is 130 Å². The lowest BCUT2D eigenvalue weighted by Crippen LogP contribution is -2.46. The van der Waals surface area contributed by atoms with Gasteiger partial charge in [-0.3, -0.25) is 4.31 Å². The van der Waals surface area contributed by atoms with Crippen molar-refractivity contribution in [3.05, 3.63) is 41.9 Å². The molecule has 1 unspecified atom stereocenters. The molecule has 118 valence electrons. The van der Waals surface area contributed by atoms with Crippen molar-refractivity contribution in [2.24, 2.45) is 5.73 Å². The summed E-state index contributed by atoms with van der Waals surface area (Å²) in [4.78, 5) is 4.22. The second-order valence-corrected chi connectivity index (χ2v) is 7.35. The lowest BCUT2D eigenvalue weighted by molar-refractivity contribution is 0.572. The summed E-state index contributed by atoms with van der Waals surface area (Å²) < 4.78 is 29.2. The van der Waals surface area contributed by atoms with Gasteiger partial charge < -0.3 is 10.3 Å². The number of benzene rings is 1. The molecule has 0 spiro atoms. The van der Waals surface area contributed by atoms with Crippen LogP contribution >= 0.6 is 0 Å². The first kappa shape index (κ1) is 15.1. The van der Waals surface area contributed by atoms with Gasteiger partial charge in [-0.05, 0) is 31.9 Å². The average molecular weight is 320 g/mol. The number of imidazole rings is 1. The van der Waals surface area contributed by atoms with E-state index in [2.05, 4.69) is 4.98 Å². The third-order valence-corrected chi connectivity index (χ3v) is 5.64. The molecule has 0 fully saturated rings. The summed E-state index contributed by atoms with van der Waals surface area (Å²) >= 11 is 0. The Balaban J connectivity index is 2.09. The van der Waals surface area contributed by atoms with Crippen molar-refractivity contribution in [1.29, 1.82) is 0 Å². The fourth-order valence-corrected chi connectivity index (χ4v) is 4.41. The average Bonchev–Trinajstić information content (AvgIpc) is 2.88. The van der Waals surface area contributed by atoms with Crippen LogP contribution in [0.5, 0.6) is 0 Å². The van der Waals surface area contributed by atoms with E-state index in [9.17, 15) is 8.42 Å². The molecule has 0 saturated carbocycles. The number of anilines is 1. The Bertz CT molecular complexity index is 798. The first-order valence-corrected chi connectivity index (χ1v) is 8.77. The summed E-state index contributed by atoms with van der Waals surface area (Å²) in [5.41, 5.74) is 7.70. The minimum atomic E-state index is -3.70. The van der Waals surface area contributed by atoms with Gasteiger partial charge in [0.25, 0.3) is 10.0 Å². The van der Waals surface area contributed by atoms with Gasteiger partial charge in [-0.15, -0.1) is 0 Å². The standard InChI is InChI=1S/C15H20N4O2S/c1-3-18-10-15(17-11(18)2)22(20,21)19-9-13(16)8-12-6-4-5-7-14(12)19/h4-7,10,13H,3,8-9,16H2,1-2H3. The molecule has 1 atom stereocenters. The number of nitrogens with two attached hydrogens (primary N) is 1. The van der Waals surface area contributed by atoms with Gasteiger partial charge in [0.1, 0.15) is 5.82 Å². The van der Waals surface area contributed by atoms with Gasteiger partial charge in [-0.25, -0.2) is 4.98 Å². The summed E-state index contributed by atoms with van der Waals surface area (Å²) in [5, 5.41) is 0.0794. The Morgan fingerprint density at radius 3 is 2.77 bits per heavy atom. The van der Waals surface area contributed by atoms with Crippen LogP contribution in [0.3, 0.4) is 0 Å². The van der Waals surface area contributed by atoms with Gasteiger partial charge in [-0.2, -0.15) is 8.42 Å². The molecule has 0 amide bonds. The first-order valence-electron chi connectivity index (χ1n) is 7.33. The third kappa shape index (κ3) is 2.40. The smallest absolute Gasteiger partial charge is 0.283 e. The maximum Gasteiger partial charge on any atom is 0.283 e. The van der Waals surface area contributed by atoms with Gasteiger partial charge in [0, 0.05) is 25.3 Å². The number of sulfonamides is 1. The van der Waals surface area contributed by atoms with Crippen molar-refractivity contribution in [3.63, 3.8) is 0 Å². The summed E-state index contributed by atoms with van der Waals surface area (Å²) in [6.07, 6.45) is 2.28. The maximum atomic E-state index is 13.0.